The van der Waals surface area contributed by atoms with E-state index < -0.39 is 6.10 Å². The number of aliphatic hydroxyl groups is 1. The fourth-order valence-corrected chi connectivity index (χ4v) is 1.79. The summed E-state index contributed by atoms with van der Waals surface area (Å²) in [4.78, 5) is 0. The van der Waals surface area contributed by atoms with E-state index in [0.717, 1.165) is 24.2 Å². The zero-order chi connectivity index (χ0) is 8.55. The highest BCUT2D eigenvalue weighted by Crippen LogP contribution is 2.34. The Morgan fingerprint density at radius 2 is 2.50 bits per heavy atom. The highest BCUT2D eigenvalue weighted by molar-refractivity contribution is 5.23. The molecule has 1 aromatic rings. The summed E-state index contributed by atoms with van der Waals surface area (Å²) in [6.45, 7) is 0.547. The quantitative estimate of drug-likeness (QED) is 0.651. The van der Waals surface area contributed by atoms with Crippen LogP contribution in [0.5, 0.6) is 0 Å². The van der Waals surface area contributed by atoms with Gasteiger partial charge in [-0.05, 0) is 19.0 Å². The third-order valence-electron chi connectivity index (χ3n) is 2.59. The average molecular weight is 167 g/mol. The van der Waals surface area contributed by atoms with Crippen molar-refractivity contribution in [3.05, 3.63) is 23.7 Å². The van der Waals surface area contributed by atoms with Gasteiger partial charge in [-0.1, -0.05) is 0 Å². The highest BCUT2D eigenvalue weighted by Gasteiger charge is 2.28. The van der Waals surface area contributed by atoms with Crippen molar-refractivity contribution in [2.45, 2.75) is 18.9 Å². The fraction of sp³-hybridized carbons (Fsp3) is 0.556. The van der Waals surface area contributed by atoms with Gasteiger partial charge in [0.15, 0.2) is 0 Å². The lowest BCUT2D eigenvalue weighted by atomic mass is 9.85. The van der Waals surface area contributed by atoms with E-state index in [1.165, 1.54) is 0 Å². The Hall–Kier alpha value is -0.800. The molecule has 0 fully saturated rings. The second-order valence-corrected chi connectivity index (χ2v) is 3.28. The third kappa shape index (κ3) is 1.06. The molecule has 1 heterocycles. The molecule has 2 rings (SSSR count). The Morgan fingerprint density at radius 3 is 3.25 bits per heavy atom. The van der Waals surface area contributed by atoms with Crippen LogP contribution in [0.1, 0.15) is 23.8 Å². The maximum Gasteiger partial charge on any atom is 0.109 e. The molecule has 0 saturated heterocycles. The van der Waals surface area contributed by atoms with Crippen molar-refractivity contribution >= 4 is 0 Å². The maximum absolute atomic E-state index is 9.77. The van der Waals surface area contributed by atoms with Crippen LogP contribution in [0.15, 0.2) is 16.7 Å². The minimum Gasteiger partial charge on any atom is -0.469 e. The SMILES string of the molecule is NCC1CCc2occc2C1O. The molecule has 1 aliphatic carbocycles. The van der Waals surface area contributed by atoms with E-state index in [2.05, 4.69) is 0 Å². The van der Waals surface area contributed by atoms with Crippen molar-refractivity contribution in [3.63, 3.8) is 0 Å². The average Bonchev–Trinajstić information content (AvgIpc) is 2.53. The molecule has 2 atom stereocenters. The number of rotatable bonds is 1. The molecule has 2 unspecified atom stereocenters. The molecule has 0 spiro atoms. The van der Waals surface area contributed by atoms with Gasteiger partial charge in [0.05, 0.1) is 12.4 Å². The van der Waals surface area contributed by atoms with Crippen molar-refractivity contribution in [2.24, 2.45) is 11.7 Å². The lowest BCUT2D eigenvalue weighted by Crippen LogP contribution is -2.26. The Bertz CT molecular complexity index is 269. The van der Waals surface area contributed by atoms with Gasteiger partial charge in [-0.25, -0.2) is 0 Å². The lowest BCUT2D eigenvalue weighted by molar-refractivity contribution is 0.0945. The van der Waals surface area contributed by atoms with Gasteiger partial charge < -0.3 is 15.3 Å². The normalized spacial score (nSPS) is 28.5. The van der Waals surface area contributed by atoms with Crippen LogP contribution in [0.3, 0.4) is 0 Å². The first-order valence-electron chi connectivity index (χ1n) is 4.27. The number of aryl methyl sites for hydroxylation is 1. The molecule has 0 radical (unpaired) electrons. The molecule has 66 valence electrons. The van der Waals surface area contributed by atoms with Crippen LogP contribution in [-0.2, 0) is 6.42 Å². The zero-order valence-electron chi connectivity index (χ0n) is 6.86. The molecule has 1 aliphatic rings. The van der Waals surface area contributed by atoms with E-state index in [-0.39, 0.29) is 5.92 Å². The second-order valence-electron chi connectivity index (χ2n) is 3.28. The van der Waals surface area contributed by atoms with Gasteiger partial charge in [0.25, 0.3) is 0 Å². The van der Waals surface area contributed by atoms with Gasteiger partial charge in [-0.3, -0.25) is 0 Å². The van der Waals surface area contributed by atoms with Crippen molar-refractivity contribution in [1.29, 1.82) is 0 Å². The van der Waals surface area contributed by atoms with Gasteiger partial charge in [-0.2, -0.15) is 0 Å². The summed E-state index contributed by atoms with van der Waals surface area (Å²) in [5.74, 6) is 1.13. The van der Waals surface area contributed by atoms with Crippen LogP contribution in [0.25, 0.3) is 0 Å². The molecule has 12 heavy (non-hydrogen) atoms. The van der Waals surface area contributed by atoms with Gasteiger partial charge in [0.1, 0.15) is 5.76 Å². The van der Waals surface area contributed by atoms with E-state index >= 15 is 0 Å². The minimum absolute atomic E-state index is 0.204. The topological polar surface area (TPSA) is 59.4 Å². The molecule has 0 aromatic carbocycles. The molecular formula is C9H13NO2. The van der Waals surface area contributed by atoms with Crippen LogP contribution in [0.2, 0.25) is 0 Å². The largest absolute Gasteiger partial charge is 0.469 e. The molecule has 3 nitrogen and oxygen atoms in total. The van der Waals surface area contributed by atoms with Gasteiger partial charge in [0, 0.05) is 17.9 Å². The van der Waals surface area contributed by atoms with E-state index in [1.54, 1.807) is 6.26 Å². The predicted octanol–water partition coefficient (Wildman–Crippen LogP) is 0.834. The lowest BCUT2D eigenvalue weighted by Gasteiger charge is -2.25. The first kappa shape index (κ1) is 7.83. The molecule has 0 bridgehead atoms. The third-order valence-corrected chi connectivity index (χ3v) is 2.59. The second kappa shape index (κ2) is 2.92. The number of hydrogen-bond donors (Lipinski definition) is 2. The van der Waals surface area contributed by atoms with E-state index in [4.69, 9.17) is 10.2 Å². The molecule has 0 amide bonds. The van der Waals surface area contributed by atoms with Crippen molar-refractivity contribution in [1.82, 2.24) is 0 Å². The summed E-state index contributed by atoms with van der Waals surface area (Å²) in [6.07, 6.45) is 3.05. The van der Waals surface area contributed by atoms with Crippen LogP contribution in [0.4, 0.5) is 0 Å². The summed E-state index contributed by atoms with van der Waals surface area (Å²) >= 11 is 0. The summed E-state index contributed by atoms with van der Waals surface area (Å²) in [7, 11) is 0. The molecule has 3 N–H and O–H groups in total. The maximum atomic E-state index is 9.77. The Morgan fingerprint density at radius 1 is 1.67 bits per heavy atom. The standard InChI is InChI=1S/C9H13NO2/c10-5-6-1-2-8-7(9(6)11)3-4-12-8/h3-4,6,9,11H,1-2,5,10H2. The monoisotopic (exact) mass is 167 g/mol. The summed E-state index contributed by atoms with van der Waals surface area (Å²) in [5, 5.41) is 9.77. The zero-order valence-corrected chi connectivity index (χ0v) is 6.86. The molecule has 0 saturated carbocycles. The van der Waals surface area contributed by atoms with Crippen LogP contribution < -0.4 is 5.73 Å². The van der Waals surface area contributed by atoms with E-state index in [0.29, 0.717) is 6.54 Å². The van der Waals surface area contributed by atoms with Gasteiger partial charge >= 0.3 is 0 Å². The summed E-state index contributed by atoms with van der Waals surface area (Å²) in [6, 6.07) is 1.84. The first-order chi connectivity index (χ1) is 5.83. The van der Waals surface area contributed by atoms with Crippen molar-refractivity contribution in [2.75, 3.05) is 6.54 Å². The van der Waals surface area contributed by atoms with Crippen LogP contribution in [-0.4, -0.2) is 11.7 Å². The van der Waals surface area contributed by atoms with Gasteiger partial charge in [0.2, 0.25) is 0 Å². The van der Waals surface area contributed by atoms with E-state index in [9.17, 15) is 5.11 Å². The van der Waals surface area contributed by atoms with Crippen LogP contribution >= 0.6 is 0 Å². The number of fused-ring (bicyclic) bond motifs is 1. The number of nitrogens with two attached hydrogens (primary N) is 1. The molecule has 3 heteroatoms. The van der Waals surface area contributed by atoms with Crippen molar-refractivity contribution in [3.8, 4) is 0 Å². The number of furan rings is 1. The number of hydrogen-bond acceptors (Lipinski definition) is 3. The Labute approximate surface area is 71.2 Å². The highest BCUT2D eigenvalue weighted by atomic mass is 16.3. The minimum atomic E-state index is -0.419. The fourth-order valence-electron chi connectivity index (χ4n) is 1.79. The summed E-state index contributed by atoms with van der Waals surface area (Å²) < 4.78 is 5.22. The summed E-state index contributed by atoms with van der Waals surface area (Å²) in [5.41, 5.74) is 6.46. The molecule has 1 aromatic heterocycles. The van der Waals surface area contributed by atoms with E-state index in [1.807, 2.05) is 6.07 Å². The smallest absolute Gasteiger partial charge is 0.109 e. The first-order valence-corrected chi connectivity index (χ1v) is 4.27. The molecule has 0 aliphatic heterocycles. The van der Waals surface area contributed by atoms with Gasteiger partial charge in [-0.15, -0.1) is 0 Å². The molecular weight excluding hydrogens is 154 g/mol. The van der Waals surface area contributed by atoms with Crippen LogP contribution in [0, 0.1) is 5.92 Å². The number of aliphatic hydroxyl groups excluding tert-OH is 1. The van der Waals surface area contributed by atoms with Crippen molar-refractivity contribution < 1.29 is 9.52 Å². The Balaban J connectivity index is 2.29. The predicted molar refractivity (Wildman–Crippen MR) is 44.5 cm³/mol. The Kier molecular flexibility index (Phi) is 1.90.